The number of carbonyl (C=O) groups is 1. The van der Waals surface area contributed by atoms with E-state index in [4.69, 9.17) is 14.9 Å². The molecule has 0 spiro atoms. The van der Waals surface area contributed by atoms with Gasteiger partial charge in [0.1, 0.15) is 16.9 Å². The second-order valence-electron chi connectivity index (χ2n) is 5.71. The van der Waals surface area contributed by atoms with Crippen LogP contribution in [0.4, 0.5) is 5.69 Å². The van der Waals surface area contributed by atoms with Crippen LogP contribution in [-0.4, -0.2) is 19.1 Å². The molecule has 2 aromatic carbocycles. The molecule has 0 saturated carbocycles. The number of fused-ring (bicyclic) bond motifs is 3. The van der Waals surface area contributed by atoms with E-state index in [1.807, 2.05) is 37.3 Å². The highest BCUT2D eigenvalue weighted by Gasteiger charge is 2.14. The van der Waals surface area contributed by atoms with E-state index >= 15 is 0 Å². The van der Waals surface area contributed by atoms with Gasteiger partial charge in [-0.05, 0) is 25.5 Å². The quantitative estimate of drug-likeness (QED) is 0.728. The van der Waals surface area contributed by atoms with Crippen LogP contribution in [0.5, 0.6) is 5.75 Å². The summed E-state index contributed by atoms with van der Waals surface area (Å²) in [5, 5.41) is 4.86. The van der Waals surface area contributed by atoms with Gasteiger partial charge in [-0.2, -0.15) is 0 Å². The number of rotatable bonds is 5. The molecule has 3 rings (SSSR count). The lowest BCUT2D eigenvalue weighted by atomic mass is 10.1. The van der Waals surface area contributed by atoms with Crippen molar-refractivity contribution in [2.24, 2.45) is 5.73 Å². The summed E-state index contributed by atoms with van der Waals surface area (Å²) in [6.45, 7) is 1.88. The van der Waals surface area contributed by atoms with Crippen LogP contribution in [0, 0.1) is 0 Å². The summed E-state index contributed by atoms with van der Waals surface area (Å²) < 4.78 is 11.3. The van der Waals surface area contributed by atoms with Crippen LogP contribution >= 0.6 is 12.4 Å². The number of furan rings is 1. The number of nitrogens with two attached hydrogens (primary N) is 1. The van der Waals surface area contributed by atoms with Gasteiger partial charge in [0.25, 0.3) is 0 Å². The number of hydrogen-bond acceptors (Lipinski definition) is 4. The summed E-state index contributed by atoms with van der Waals surface area (Å²) in [4.78, 5) is 12.0. The Kier molecular flexibility index (Phi) is 5.70. The molecule has 1 heterocycles. The summed E-state index contributed by atoms with van der Waals surface area (Å²) >= 11 is 0. The largest absolute Gasteiger partial charge is 0.495 e. The van der Waals surface area contributed by atoms with Crippen molar-refractivity contribution in [2.75, 3.05) is 12.4 Å². The molecule has 128 valence electrons. The van der Waals surface area contributed by atoms with E-state index in [0.717, 1.165) is 21.9 Å². The molecule has 0 bridgehead atoms. The Morgan fingerprint density at radius 2 is 2.00 bits per heavy atom. The lowest BCUT2D eigenvalue weighted by Gasteiger charge is -2.11. The van der Waals surface area contributed by atoms with Crippen LogP contribution in [0.2, 0.25) is 0 Å². The molecule has 1 amide bonds. The molecule has 0 aliphatic heterocycles. The number of ether oxygens (including phenoxy) is 1. The lowest BCUT2D eigenvalue weighted by molar-refractivity contribution is -0.116. The molecular formula is C18H21ClN2O3. The van der Waals surface area contributed by atoms with Crippen molar-refractivity contribution in [3.05, 3.63) is 36.4 Å². The first-order valence-electron chi connectivity index (χ1n) is 7.63. The molecule has 6 heteroatoms. The number of nitrogens with one attached hydrogen (secondary N) is 1. The molecule has 3 N–H and O–H groups in total. The average molecular weight is 349 g/mol. The summed E-state index contributed by atoms with van der Waals surface area (Å²) in [5.41, 5.74) is 7.82. The molecule has 24 heavy (non-hydrogen) atoms. The van der Waals surface area contributed by atoms with Gasteiger partial charge in [0.2, 0.25) is 5.91 Å². The minimum atomic E-state index is -0.0870. The van der Waals surface area contributed by atoms with Crippen LogP contribution in [0.3, 0.4) is 0 Å². The number of benzene rings is 2. The van der Waals surface area contributed by atoms with E-state index in [2.05, 4.69) is 5.32 Å². The van der Waals surface area contributed by atoms with E-state index in [1.165, 1.54) is 0 Å². The van der Waals surface area contributed by atoms with Crippen molar-refractivity contribution in [2.45, 2.75) is 25.8 Å². The van der Waals surface area contributed by atoms with Crippen molar-refractivity contribution in [1.29, 1.82) is 0 Å². The van der Waals surface area contributed by atoms with E-state index in [0.29, 0.717) is 24.3 Å². The third-order valence-corrected chi connectivity index (χ3v) is 3.80. The number of methoxy groups -OCH3 is 1. The number of amides is 1. The van der Waals surface area contributed by atoms with Crippen molar-refractivity contribution in [3.8, 4) is 5.75 Å². The minimum absolute atomic E-state index is 0. The van der Waals surface area contributed by atoms with Gasteiger partial charge in [0.15, 0.2) is 0 Å². The molecule has 3 aromatic rings. The zero-order valence-corrected chi connectivity index (χ0v) is 14.5. The van der Waals surface area contributed by atoms with Gasteiger partial charge in [-0.1, -0.05) is 18.2 Å². The van der Waals surface area contributed by atoms with E-state index in [-0.39, 0.29) is 24.4 Å². The zero-order chi connectivity index (χ0) is 16.4. The van der Waals surface area contributed by atoms with Gasteiger partial charge in [0, 0.05) is 29.3 Å². The molecule has 1 aromatic heterocycles. The van der Waals surface area contributed by atoms with Crippen molar-refractivity contribution in [1.82, 2.24) is 0 Å². The smallest absolute Gasteiger partial charge is 0.224 e. The summed E-state index contributed by atoms with van der Waals surface area (Å²) in [6, 6.07) is 11.5. The number of hydrogen-bond donors (Lipinski definition) is 2. The van der Waals surface area contributed by atoms with Gasteiger partial charge >= 0.3 is 0 Å². The Morgan fingerprint density at radius 3 is 2.71 bits per heavy atom. The first kappa shape index (κ1) is 18.1. The van der Waals surface area contributed by atoms with Gasteiger partial charge in [-0.15, -0.1) is 12.4 Å². The number of para-hydroxylation sites is 1. The molecule has 1 atom stereocenters. The van der Waals surface area contributed by atoms with Gasteiger partial charge in [-0.3, -0.25) is 4.79 Å². The highest BCUT2D eigenvalue weighted by Crippen LogP contribution is 2.36. The van der Waals surface area contributed by atoms with Crippen molar-refractivity contribution >= 4 is 45.9 Å². The second-order valence-corrected chi connectivity index (χ2v) is 5.71. The Hall–Kier alpha value is -2.24. The molecular weight excluding hydrogens is 328 g/mol. The van der Waals surface area contributed by atoms with Crippen LogP contribution in [0.25, 0.3) is 21.9 Å². The van der Waals surface area contributed by atoms with Gasteiger partial charge in [-0.25, -0.2) is 0 Å². The summed E-state index contributed by atoms with van der Waals surface area (Å²) in [7, 11) is 1.58. The van der Waals surface area contributed by atoms with E-state index in [1.54, 1.807) is 13.2 Å². The van der Waals surface area contributed by atoms with Crippen molar-refractivity contribution in [3.63, 3.8) is 0 Å². The Morgan fingerprint density at radius 1 is 1.25 bits per heavy atom. The fourth-order valence-corrected chi connectivity index (χ4v) is 2.59. The average Bonchev–Trinajstić information content (AvgIpc) is 2.89. The highest BCUT2D eigenvalue weighted by molar-refractivity contribution is 6.07. The number of anilines is 1. The lowest BCUT2D eigenvalue weighted by Crippen LogP contribution is -2.19. The number of carbonyl (C=O) groups excluding carboxylic acids is 1. The molecule has 0 radical (unpaired) electrons. The molecule has 1 unspecified atom stereocenters. The maximum atomic E-state index is 12.0. The van der Waals surface area contributed by atoms with E-state index < -0.39 is 0 Å². The second kappa shape index (κ2) is 7.55. The first-order valence-corrected chi connectivity index (χ1v) is 7.63. The number of halogens is 1. The predicted octanol–water partition coefficient (Wildman–Crippen LogP) is 4.08. The van der Waals surface area contributed by atoms with Crippen molar-refractivity contribution < 1.29 is 13.9 Å². The Balaban J connectivity index is 0.00000208. The van der Waals surface area contributed by atoms with E-state index in [9.17, 15) is 4.79 Å². The SMILES string of the molecule is COc1cc2c(cc1NC(=O)CCC(C)N)oc1ccccc12.Cl. The van der Waals surface area contributed by atoms with Crippen LogP contribution in [-0.2, 0) is 4.79 Å². The monoisotopic (exact) mass is 348 g/mol. The zero-order valence-electron chi connectivity index (χ0n) is 13.7. The van der Waals surface area contributed by atoms with Crippen LogP contribution < -0.4 is 15.8 Å². The minimum Gasteiger partial charge on any atom is -0.495 e. The molecule has 0 aliphatic carbocycles. The third kappa shape index (κ3) is 3.63. The summed E-state index contributed by atoms with van der Waals surface area (Å²) in [5.74, 6) is 0.522. The normalized spacial score (nSPS) is 12.0. The molecule has 0 fully saturated rings. The molecule has 0 aliphatic rings. The first-order chi connectivity index (χ1) is 11.1. The fraction of sp³-hybridized carbons (Fsp3) is 0.278. The molecule has 0 saturated heterocycles. The summed E-state index contributed by atoms with van der Waals surface area (Å²) in [6.07, 6.45) is 1.01. The third-order valence-electron chi connectivity index (χ3n) is 3.80. The topological polar surface area (TPSA) is 77.5 Å². The van der Waals surface area contributed by atoms with Crippen LogP contribution in [0.15, 0.2) is 40.8 Å². The molecule has 5 nitrogen and oxygen atoms in total. The maximum absolute atomic E-state index is 12.0. The Labute approximate surface area is 146 Å². The Bertz CT molecular complexity index is 858. The van der Waals surface area contributed by atoms with Crippen LogP contribution in [0.1, 0.15) is 19.8 Å². The predicted molar refractivity (Wildman–Crippen MR) is 99.0 cm³/mol. The maximum Gasteiger partial charge on any atom is 0.224 e. The fourth-order valence-electron chi connectivity index (χ4n) is 2.59. The standard InChI is InChI=1S/C18H20N2O3.ClH/c1-11(19)7-8-18(21)20-14-10-16-13(9-17(14)22-2)12-5-3-4-6-15(12)23-16;/h3-6,9-11H,7-8,19H2,1-2H3,(H,20,21);1H. The highest BCUT2D eigenvalue weighted by atomic mass is 35.5. The van der Waals surface area contributed by atoms with Gasteiger partial charge in [0.05, 0.1) is 12.8 Å². The van der Waals surface area contributed by atoms with Gasteiger partial charge < -0.3 is 20.2 Å².